The highest BCUT2D eigenvalue weighted by molar-refractivity contribution is 6.74. The zero-order valence-electron chi connectivity index (χ0n) is 34.7. The predicted molar refractivity (Wildman–Crippen MR) is 216 cm³/mol. The van der Waals surface area contributed by atoms with E-state index < -0.39 is 37.1 Å². The van der Waals surface area contributed by atoms with E-state index in [4.69, 9.17) is 23.4 Å². The molecule has 0 unspecified atom stereocenters. The zero-order valence-corrected chi connectivity index (χ0v) is 35.7. The second-order valence-electron chi connectivity index (χ2n) is 18.0. The highest BCUT2D eigenvalue weighted by Crippen LogP contribution is 2.67. The Morgan fingerprint density at radius 2 is 1.59 bits per heavy atom. The molecule has 0 bridgehead atoms. The molecule has 2 atom stereocenters. The number of hydrogen-bond acceptors (Lipinski definition) is 12. The van der Waals surface area contributed by atoms with Gasteiger partial charge in [-0.3, -0.25) is 4.79 Å². The molecule has 0 radical (unpaired) electrons. The van der Waals surface area contributed by atoms with Crippen molar-refractivity contribution in [2.75, 3.05) is 31.0 Å². The third-order valence-corrected chi connectivity index (χ3v) is 15.1. The van der Waals surface area contributed by atoms with E-state index in [1.165, 1.54) is 11.8 Å². The van der Waals surface area contributed by atoms with E-state index in [2.05, 4.69) is 54.2 Å². The van der Waals surface area contributed by atoms with Gasteiger partial charge in [0.2, 0.25) is 5.91 Å². The van der Waals surface area contributed by atoms with Crippen LogP contribution in [-0.2, 0) is 30.5 Å². The number of anilines is 3. The van der Waals surface area contributed by atoms with Gasteiger partial charge in [-0.2, -0.15) is 4.68 Å². The second kappa shape index (κ2) is 14.2. The molecule has 1 fully saturated rings. The molecule has 2 amide bonds. The smallest absolute Gasteiger partial charge is 0.435 e. The van der Waals surface area contributed by atoms with Gasteiger partial charge in [-0.05, 0) is 108 Å². The van der Waals surface area contributed by atoms with Crippen LogP contribution >= 0.6 is 0 Å². The lowest BCUT2D eigenvalue weighted by Gasteiger charge is -2.36. The highest BCUT2D eigenvalue weighted by Gasteiger charge is 2.68. The topological polar surface area (TPSA) is 156 Å². The van der Waals surface area contributed by atoms with Gasteiger partial charge in [-0.1, -0.05) is 26.8 Å². The fourth-order valence-corrected chi connectivity index (χ4v) is 7.73. The van der Waals surface area contributed by atoms with Gasteiger partial charge in [0, 0.05) is 24.3 Å². The van der Waals surface area contributed by atoms with Gasteiger partial charge >= 0.3 is 12.2 Å². The summed E-state index contributed by atoms with van der Waals surface area (Å²) < 4.78 is 30.1. The molecule has 4 aromatic rings. The van der Waals surface area contributed by atoms with Gasteiger partial charge in [-0.15, -0.1) is 5.10 Å². The van der Waals surface area contributed by atoms with Gasteiger partial charge in [0.1, 0.15) is 17.0 Å². The zero-order chi connectivity index (χ0) is 41.2. The number of nitrogens with one attached hydrogen (secondary N) is 1. The van der Waals surface area contributed by atoms with Crippen molar-refractivity contribution in [1.29, 1.82) is 0 Å². The summed E-state index contributed by atoms with van der Waals surface area (Å²) in [5, 5.41) is 8.57. The van der Waals surface area contributed by atoms with Crippen molar-refractivity contribution in [3.63, 3.8) is 0 Å². The van der Waals surface area contributed by atoms with Crippen LogP contribution in [0.4, 0.5) is 26.9 Å². The average Bonchev–Trinajstić information content (AvgIpc) is 3.68. The molecular formula is C41H54N6O8Si. The number of aromatic nitrogens is 4. The minimum absolute atomic E-state index is 0.0902. The number of fused-ring (bicyclic) bond motifs is 3. The molecule has 14 nitrogen and oxygen atoms in total. The Morgan fingerprint density at radius 1 is 0.911 bits per heavy atom. The minimum Gasteiger partial charge on any atom is -0.497 e. The van der Waals surface area contributed by atoms with Crippen LogP contribution in [0, 0.1) is 0 Å². The van der Waals surface area contributed by atoms with Crippen molar-refractivity contribution in [1.82, 2.24) is 19.7 Å². The van der Waals surface area contributed by atoms with E-state index in [9.17, 15) is 14.4 Å². The van der Waals surface area contributed by atoms with Crippen molar-refractivity contribution in [3.05, 3.63) is 59.4 Å². The summed E-state index contributed by atoms with van der Waals surface area (Å²) in [6.07, 6.45) is 1.24. The molecule has 1 aliphatic heterocycles. The van der Waals surface area contributed by atoms with Gasteiger partial charge in [0.25, 0.3) is 5.88 Å². The molecule has 3 heterocycles. The molecule has 0 saturated heterocycles. The SMILES string of the molecule is COc1ccc2c(c1)[C@]1(C[C@H]1c1ccc3c(Nc4ncc(CCO[Si](C)(C)C(C)(C)C)nc4OC)nn(C(=O)OC(C)(C)C)c3c1)C(=O)N2C(=O)OC(C)(C)C. The Labute approximate surface area is 329 Å². The van der Waals surface area contributed by atoms with E-state index in [1.807, 2.05) is 24.3 Å². The maximum atomic E-state index is 14.3. The molecule has 300 valence electrons. The molecule has 2 aromatic carbocycles. The summed E-state index contributed by atoms with van der Waals surface area (Å²) in [6.45, 7) is 22.2. The monoisotopic (exact) mass is 786 g/mol. The first-order valence-electron chi connectivity index (χ1n) is 18.8. The van der Waals surface area contributed by atoms with E-state index >= 15 is 0 Å². The van der Waals surface area contributed by atoms with Crippen molar-refractivity contribution in [2.45, 2.75) is 116 Å². The molecule has 2 aliphatic rings. The van der Waals surface area contributed by atoms with Crippen LogP contribution in [-0.4, -0.2) is 78.2 Å². The first kappa shape index (κ1) is 40.6. The molecule has 15 heteroatoms. The van der Waals surface area contributed by atoms with E-state index in [0.29, 0.717) is 64.7 Å². The lowest BCUT2D eigenvalue weighted by molar-refractivity contribution is -0.120. The summed E-state index contributed by atoms with van der Waals surface area (Å²) in [5.41, 5.74) is 0.443. The Hall–Kier alpha value is -5.02. The van der Waals surface area contributed by atoms with E-state index in [-0.39, 0.29) is 22.7 Å². The normalized spacial score (nSPS) is 18.3. The summed E-state index contributed by atoms with van der Waals surface area (Å²) in [6, 6.07) is 10.8. The Bertz CT molecular complexity index is 2200. The number of amides is 2. The standard InChI is InChI=1S/C41H54N6O8Si/c1-38(2,3)54-36(49)46-30-17-15-26(51-10)21-28(30)41(35(46)48)22-29(41)24-14-16-27-31(20-24)47(37(50)55-39(4,5)6)45-32(27)44-33-34(52-11)43-25(23-42-33)18-19-53-56(12,13)40(7,8)9/h14-17,20-21,23,29H,18-19,22H2,1-13H3,(H,42,44,45)/t29-,41-/m0/s1. The average molecular weight is 787 g/mol. The summed E-state index contributed by atoms with van der Waals surface area (Å²) in [5.74, 6) is 0.765. The van der Waals surface area contributed by atoms with Crippen LogP contribution in [0.15, 0.2) is 42.6 Å². The molecule has 1 saturated carbocycles. The third-order valence-electron chi connectivity index (χ3n) is 10.6. The second-order valence-corrected chi connectivity index (χ2v) is 22.8. The number of methoxy groups -OCH3 is 2. The Kier molecular flexibility index (Phi) is 10.3. The number of hydrogen-bond donors (Lipinski definition) is 1. The largest absolute Gasteiger partial charge is 0.497 e. The van der Waals surface area contributed by atoms with Gasteiger partial charge < -0.3 is 28.7 Å². The first-order valence-corrected chi connectivity index (χ1v) is 21.7. The van der Waals surface area contributed by atoms with Crippen LogP contribution in [0.3, 0.4) is 0 Å². The Morgan fingerprint density at radius 3 is 2.21 bits per heavy atom. The first-order chi connectivity index (χ1) is 26.0. The fourth-order valence-electron chi connectivity index (χ4n) is 6.69. The lowest BCUT2D eigenvalue weighted by Crippen LogP contribution is -2.41. The number of carbonyl (C=O) groups excluding carboxylic acids is 3. The predicted octanol–water partition coefficient (Wildman–Crippen LogP) is 8.64. The Balaban J connectivity index is 1.34. The fraction of sp³-hybridized carbons (Fsp3) is 0.512. The molecule has 2 aromatic heterocycles. The highest BCUT2D eigenvalue weighted by atomic mass is 28.4. The van der Waals surface area contributed by atoms with Crippen LogP contribution in [0.1, 0.15) is 91.5 Å². The maximum Gasteiger partial charge on any atom is 0.435 e. The lowest BCUT2D eigenvalue weighted by atomic mass is 9.91. The maximum absolute atomic E-state index is 14.3. The van der Waals surface area contributed by atoms with E-state index in [1.54, 1.807) is 67.0 Å². The van der Waals surface area contributed by atoms with Gasteiger partial charge in [-0.25, -0.2) is 24.5 Å². The molecule has 56 heavy (non-hydrogen) atoms. The van der Waals surface area contributed by atoms with Crippen LogP contribution in [0.2, 0.25) is 18.1 Å². The number of ether oxygens (including phenoxy) is 4. The van der Waals surface area contributed by atoms with Crippen molar-refractivity contribution in [3.8, 4) is 11.6 Å². The van der Waals surface area contributed by atoms with Crippen molar-refractivity contribution >= 4 is 54.6 Å². The van der Waals surface area contributed by atoms with Crippen LogP contribution in [0.5, 0.6) is 11.6 Å². The summed E-state index contributed by atoms with van der Waals surface area (Å²) in [7, 11) is 1.14. The van der Waals surface area contributed by atoms with Crippen LogP contribution < -0.4 is 19.7 Å². The van der Waals surface area contributed by atoms with E-state index in [0.717, 1.165) is 10.5 Å². The molecule has 6 rings (SSSR count). The molecular weight excluding hydrogens is 733 g/mol. The quantitative estimate of drug-likeness (QED) is 0.161. The molecule has 1 N–H and O–H groups in total. The minimum atomic E-state index is -1.93. The van der Waals surface area contributed by atoms with Gasteiger partial charge in [0.15, 0.2) is 20.0 Å². The molecule has 1 spiro atoms. The number of rotatable bonds is 9. The van der Waals surface area contributed by atoms with Crippen molar-refractivity contribution < 1.29 is 37.8 Å². The summed E-state index contributed by atoms with van der Waals surface area (Å²) in [4.78, 5) is 51.9. The van der Waals surface area contributed by atoms with Gasteiger partial charge in [0.05, 0.1) is 42.7 Å². The number of imide groups is 1. The third kappa shape index (κ3) is 7.70. The molecule has 1 aliphatic carbocycles. The van der Waals surface area contributed by atoms with Crippen molar-refractivity contribution in [2.24, 2.45) is 0 Å². The van der Waals surface area contributed by atoms with Crippen LogP contribution in [0.25, 0.3) is 10.9 Å². The number of nitrogens with zero attached hydrogens (tertiary/aromatic N) is 5. The number of benzene rings is 2. The number of carbonyl (C=O) groups is 3. The summed E-state index contributed by atoms with van der Waals surface area (Å²) >= 11 is 0.